The molecule has 3 aromatic rings. The van der Waals surface area contributed by atoms with Gasteiger partial charge in [-0.2, -0.15) is 18.4 Å². The molecule has 3 N–H and O–H groups in total. The number of anilines is 3. The molecule has 0 radical (unpaired) electrons. The minimum atomic E-state index is -4.55. The zero-order valence-corrected chi connectivity index (χ0v) is 14.4. The number of aromatic nitrogens is 1. The van der Waals surface area contributed by atoms with Gasteiger partial charge in [0.25, 0.3) is 0 Å². The summed E-state index contributed by atoms with van der Waals surface area (Å²) in [7, 11) is 0. The van der Waals surface area contributed by atoms with Crippen LogP contribution in [0.3, 0.4) is 0 Å². The Labute approximate surface area is 155 Å². The molecule has 2 aromatic carbocycles. The standard InChI is InChI=1S/C18H11F3N4OS/c19-18(20,21)12-5-2-4-11(8-12)14(26)15-16(23)25-17(27-15)24-13-6-1-3-10(7-13)9-22/h1-8H,23H2,(H,24,25). The Morgan fingerprint density at radius 1 is 1.19 bits per heavy atom. The molecule has 0 bridgehead atoms. The Hall–Kier alpha value is -3.38. The average molecular weight is 388 g/mol. The van der Waals surface area contributed by atoms with Crippen LogP contribution in [0.25, 0.3) is 0 Å². The highest BCUT2D eigenvalue weighted by atomic mass is 32.1. The molecule has 9 heteroatoms. The van der Waals surface area contributed by atoms with Crippen LogP contribution in [0.2, 0.25) is 0 Å². The van der Waals surface area contributed by atoms with Gasteiger partial charge in [0.05, 0.1) is 17.2 Å². The predicted molar refractivity (Wildman–Crippen MR) is 95.8 cm³/mol. The van der Waals surface area contributed by atoms with E-state index in [4.69, 9.17) is 11.0 Å². The van der Waals surface area contributed by atoms with Crippen LogP contribution in [0, 0.1) is 11.3 Å². The molecule has 0 saturated heterocycles. The van der Waals surface area contributed by atoms with Gasteiger partial charge in [0.2, 0.25) is 5.78 Å². The minimum Gasteiger partial charge on any atom is -0.382 e. The molecule has 136 valence electrons. The molecule has 0 unspecified atom stereocenters. The molecular weight excluding hydrogens is 377 g/mol. The molecule has 0 amide bonds. The number of rotatable bonds is 4. The molecule has 0 saturated carbocycles. The smallest absolute Gasteiger partial charge is 0.382 e. The lowest BCUT2D eigenvalue weighted by atomic mass is 10.1. The predicted octanol–water partition coefficient (Wildman–Crippen LogP) is 4.59. The first-order valence-corrected chi connectivity index (χ1v) is 8.35. The number of carbonyl (C=O) groups excluding carboxylic acids is 1. The fraction of sp³-hybridized carbons (Fsp3) is 0.0556. The van der Waals surface area contributed by atoms with Crippen LogP contribution in [0.4, 0.5) is 29.8 Å². The first kappa shape index (κ1) is 18.4. The molecule has 1 heterocycles. The first-order chi connectivity index (χ1) is 12.8. The van der Waals surface area contributed by atoms with Crippen molar-refractivity contribution in [1.29, 1.82) is 5.26 Å². The molecular formula is C18H11F3N4OS. The van der Waals surface area contributed by atoms with Crippen LogP contribution < -0.4 is 11.1 Å². The molecule has 0 spiro atoms. The van der Waals surface area contributed by atoms with E-state index in [0.717, 1.165) is 23.5 Å². The summed E-state index contributed by atoms with van der Waals surface area (Å²) >= 11 is 0.923. The number of alkyl halides is 3. The van der Waals surface area contributed by atoms with E-state index in [1.165, 1.54) is 12.1 Å². The Balaban J connectivity index is 1.88. The Bertz CT molecular complexity index is 1050. The van der Waals surface area contributed by atoms with Crippen molar-refractivity contribution in [2.45, 2.75) is 6.18 Å². The quantitative estimate of drug-likeness (QED) is 0.638. The normalized spacial score (nSPS) is 11.0. The number of halogens is 3. The summed E-state index contributed by atoms with van der Waals surface area (Å²) in [5.74, 6) is -0.726. The van der Waals surface area contributed by atoms with Gasteiger partial charge in [-0.1, -0.05) is 29.5 Å². The number of nitriles is 1. The van der Waals surface area contributed by atoms with Gasteiger partial charge in [0, 0.05) is 11.3 Å². The molecule has 5 nitrogen and oxygen atoms in total. The van der Waals surface area contributed by atoms with Crippen molar-refractivity contribution in [3.8, 4) is 6.07 Å². The van der Waals surface area contributed by atoms with E-state index in [1.807, 2.05) is 6.07 Å². The second-order valence-corrected chi connectivity index (χ2v) is 6.46. The van der Waals surface area contributed by atoms with Gasteiger partial charge in [-0.25, -0.2) is 4.98 Å². The van der Waals surface area contributed by atoms with Crippen molar-refractivity contribution in [2.24, 2.45) is 0 Å². The molecule has 3 rings (SSSR count). The highest BCUT2D eigenvalue weighted by Gasteiger charge is 2.31. The maximum Gasteiger partial charge on any atom is 0.416 e. The highest BCUT2D eigenvalue weighted by Crippen LogP contribution is 2.33. The van der Waals surface area contributed by atoms with Crippen molar-refractivity contribution in [2.75, 3.05) is 11.1 Å². The molecule has 27 heavy (non-hydrogen) atoms. The van der Waals surface area contributed by atoms with Gasteiger partial charge in [-0.3, -0.25) is 4.79 Å². The summed E-state index contributed by atoms with van der Waals surface area (Å²) in [6.45, 7) is 0. The Morgan fingerprint density at radius 2 is 1.93 bits per heavy atom. The third kappa shape index (κ3) is 4.07. The second kappa shape index (κ2) is 7.09. The monoisotopic (exact) mass is 388 g/mol. The number of benzene rings is 2. The summed E-state index contributed by atoms with van der Waals surface area (Å²) in [6.07, 6.45) is -4.55. The topological polar surface area (TPSA) is 91.8 Å². The Morgan fingerprint density at radius 3 is 2.63 bits per heavy atom. The number of nitrogens with one attached hydrogen (secondary N) is 1. The van der Waals surface area contributed by atoms with Gasteiger partial charge in [0.1, 0.15) is 10.7 Å². The van der Waals surface area contributed by atoms with Gasteiger partial charge in [-0.15, -0.1) is 0 Å². The number of ketones is 1. The van der Waals surface area contributed by atoms with Crippen molar-refractivity contribution >= 4 is 33.8 Å². The number of nitrogen functional groups attached to an aromatic ring is 1. The van der Waals surface area contributed by atoms with E-state index in [2.05, 4.69) is 10.3 Å². The van der Waals surface area contributed by atoms with E-state index in [9.17, 15) is 18.0 Å². The largest absolute Gasteiger partial charge is 0.416 e. The van der Waals surface area contributed by atoms with E-state index in [-0.39, 0.29) is 21.4 Å². The lowest BCUT2D eigenvalue weighted by Crippen LogP contribution is -2.08. The molecule has 0 fully saturated rings. The summed E-state index contributed by atoms with van der Waals surface area (Å²) in [4.78, 5) is 16.6. The van der Waals surface area contributed by atoms with Gasteiger partial charge < -0.3 is 11.1 Å². The van der Waals surface area contributed by atoms with Crippen molar-refractivity contribution in [3.63, 3.8) is 0 Å². The summed E-state index contributed by atoms with van der Waals surface area (Å²) in [5, 5.41) is 12.1. The van der Waals surface area contributed by atoms with E-state index >= 15 is 0 Å². The van der Waals surface area contributed by atoms with Crippen molar-refractivity contribution in [3.05, 3.63) is 70.1 Å². The van der Waals surface area contributed by atoms with Gasteiger partial charge >= 0.3 is 6.18 Å². The van der Waals surface area contributed by atoms with Gasteiger partial charge in [-0.05, 0) is 30.3 Å². The molecule has 0 aliphatic rings. The van der Waals surface area contributed by atoms with Crippen LogP contribution in [0.5, 0.6) is 0 Å². The zero-order chi connectivity index (χ0) is 19.6. The highest BCUT2D eigenvalue weighted by molar-refractivity contribution is 7.18. The zero-order valence-electron chi connectivity index (χ0n) is 13.5. The van der Waals surface area contributed by atoms with Crippen molar-refractivity contribution < 1.29 is 18.0 Å². The van der Waals surface area contributed by atoms with Crippen LogP contribution >= 0.6 is 11.3 Å². The summed E-state index contributed by atoms with van der Waals surface area (Å²) in [5.41, 5.74) is 5.74. The van der Waals surface area contributed by atoms with Crippen molar-refractivity contribution in [1.82, 2.24) is 4.98 Å². The third-order valence-electron chi connectivity index (χ3n) is 3.55. The van der Waals surface area contributed by atoms with Crippen LogP contribution in [0.15, 0.2) is 48.5 Å². The fourth-order valence-corrected chi connectivity index (χ4v) is 3.17. The van der Waals surface area contributed by atoms with Gasteiger partial charge in [0.15, 0.2) is 5.13 Å². The van der Waals surface area contributed by atoms with Crippen LogP contribution in [-0.4, -0.2) is 10.8 Å². The lowest BCUT2D eigenvalue weighted by Gasteiger charge is -2.07. The van der Waals surface area contributed by atoms with Crippen LogP contribution in [0.1, 0.15) is 26.4 Å². The molecule has 0 aliphatic carbocycles. The number of thiazole rings is 1. The SMILES string of the molecule is N#Cc1cccc(Nc2nc(N)c(C(=O)c3cccc(C(F)(F)F)c3)s2)c1. The van der Waals surface area contributed by atoms with E-state index < -0.39 is 17.5 Å². The van der Waals surface area contributed by atoms with E-state index in [0.29, 0.717) is 11.3 Å². The number of hydrogen-bond donors (Lipinski definition) is 2. The van der Waals surface area contributed by atoms with E-state index in [1.54, 1.807) is 24.3 Å². The van der Waals surface area contributed by atoms with Crippen LogP contribution in [-0.2, 0) is 6.18 Å². The minimum absolute atomic E-state index is 0.0354. The first-order valence-electron chi connectivity index (χ1n) is 7.53. The molecule has 1 aromatic heterocycles. The fourth-order valence-electron chi connectivity index (χ4n) is 2.31. The maximum absolute atomic E-state index is 12.8. The second-order valence-electron chi connectivity index (χ2n) is 5.46. The molecule has 0 aliphatic heterocycles. The summed E-state index contributed by atoms with van der Waals surface area (Å²) < 4.78 is 38.5. The maximum atomic E-state index is 12.8. The number of nitrogens with zero attached hydrogens (tertiary/aromatic N) is 2. The summed E-state index contributed by atoms with van der Waals surface area (Å²) in [6, 6.07) is 12.7. The number of carbonyl (C=O) groups is 1. The number of hydrogen-bond acceptors (Lipinski definition) is 6. The molecule has 0 atom stereocenters. The third-order valence-corrected chi connectivity index (χ3v) is 4.54. The lowest BCUT2D eigenvalue weighted by molar-refractivity contribution is -0.137. The number of nitrogens with two attached hydrogens (primary N) is 1. The Kier molecular flexibility index (Phi) is 4.83. The average Bonchev–Trinajstić information content (AvgIpc) is 3.00.